The molecule has 25 heavy (non-hydrogen) atoms. The molecule has 0 amide bonds. The van der Waals surface area contributed by atoms with Gasteiger partial charge in [0.1, 0.15) is 0 Å². The van der Waals surface area contributed by atoms with Gasteiger partial charge in [0.05, 0.1) is 6.10 Å². The van der Waals surface area contributed by atoms with Gasteiger partial charge < -0.3 is 5.11 Å². The third kappa shape index (κ3) is 3.76. The Hall–Kier alpha value is -2.16. The van der Waals surface area contributed by atoms with Gasteiger partial charge in [0, 0.05) is 12.1 Å². The van der Waals surface area contributed by atoms with Crippen molar-refractivity contribution in [3.8, 4) is 0 Å². The summed E-state index contributed by atoms with van der Waals surface area (Å²) in [5.74, 6) is 0. The summed E-state index contributed by atoms with van der Waals surface area (Å²) in [5, 5.41) is 13.4. The Morgan fingerprint density at radius 3 is 2.28 bits per heavy atom. The molecule has 1 atom stereocenters. The highest BCUT2D eigenvalue weighted by Gasteiger charge is 2.32. The molecular weight excluding hydrogens is 306 g/mol. The lowest BCUT2D eigenvalue weighted by Crippen LogP contribution is -2.47. The van der Waals surface area contributed by atoms with Crippen LogP contribution in [-0.2, 0) is 6.42 Å². The summed E-state index contributed by atoms with van der Waals surface area (Å²) in [5.41, 5.74) is 1.98. The van der Waals surface area contributed by atoms with Gasteiger partial charge in [0.25, 0.3) is 0 Å². The first-order valence-corrected chi connectivity index (χ1v) is 8.91. The first kappa shape index (κ1) is 17.7. The number of aliphatic hydroxyl groups is 1. The molecule has 0 aliphatic rings. The average Bonchev–Trinajstić information content (AvgIpc) is 2.66. The van der Waals surface area contributed by atoms with Crippen LogP contribution >= 0.6 is 0 Å². The molecule has 130 valence electrons. The zero-order valence-electron chi connectivity index (χ0n) is 15.3. The number of hydrogen-bond acceptors (Lipinski definition) is 2. The smallest absolute Gasteiger partial charge is 0.0968 e. The van der Waals surface area contributed by atoms with Gasteiger partial charge in [-0.1, -0.05) is 72.8 Å². The highest BCUT2D eigenvalue weighted by atomic mass is 16.3. The molecule has 0 radical (unpaired) electrons. The fourth-order valence-corrected chi connectivity index (χ4v) is 3.34. The highest BCUT2D eigenvalue weighted by Crippen LogP contribution is 2.30. The van der Waals surface area contributed by atoms with Crippen LogP contribution in [0.4, 0.5) is 0 Å². The van der Waals surface area contributed by atoms with Gasteiger partial charge in [-0.3, -0.25) is 4.90 Å². The molecule has 3 rings (SSSR count). The third-order valence-corrected chi connectivity index (χ3v) is 5.36. The minimum atomic E-state index is -0.522. The van der Waals surface area contributed by atoms with Crippen LogP contribution in [0, 0.1) is 0 Å². The molecule has 3 aromatic carbocycles. The molecule has 2 heteroatoms. The van der Waals surface area contributed by atoms with Gasteiger partial charge in [-0.15, -0.1) is 0 Å². The van der Waals surface area contributed by atoms with Crippen LogP contribution in [0.3, 0.4) is 0 Å². The lowest BCUT2D eigenvalue weighted by atomic mass is 9.89. The lowest BCUT2D eigenvalue weighted by Gasteiger charge is -2.40. The molecule has 0 aromatic heterocycles. The first-order chi connectivity index (χ1) is 12.0. The van der Waals surface area contributed by atoms with Crippen LogP contribution in [0.2, 0.25) is 0 Å². The molecule has 0 aliphatic carbocycles. The Kier molecular flexibility index (Phi) is 5.22. The van der Waals surface area contributed by atoms with Crippen molar-refractivity contribution in [2.75, 3.05) is 13.6 Å². The zero-order chi connectivity index (χ0) is 17.9. The SMILES string of the molecule is CN(CCc1cccc2ccccc12)C(C)(C)C(O)c1ccccc1. The summed E-state index contributed by atoms with van der Waals surface area (Å²) in [6.07, 6.45) is 0.439. The maximum Gasteiger partial charge on any atom is 0.0968 e. The van der Waals surface area contributed by atoms with Gasteiger partial charge in [-0.2, -0.15) is 0 Å². The second-order valence-corrected chi connectivity index (χ2v) is 7.28. The molecule has 0 saturated heterocycles. The summed E-state index contributed by atoms with van der Waals surface area (Å²) >= 11 is 0. The Morgan fingerprint density at radius 1 is 0.880 bits per heavy atom. The summed E-state index contributed by atoms with van der Waals surface area (Å²) in [7, 11) is 2.09. The maximum absolute atomic E-state index is 10.8. The van der Waals surface area contributed by atoms with Gasteiger partial charge in [0.2, 0.25) is 0 Å². The molecule has 2 nitrogen and oxygen atoms in total. The highest BCUT2D eigenvalue weighted by molar-refractivity contribution is 5.85. The van der Waals surface area contributed by atoms with Crippen LogP contribution in [0.1, 0.15) is 31.1 Å². The Morgan fingerprint density at radius 2 is 1.52 bits per heavy atom. The largest absolute Gasteiger partial charge is 0.386 e. The van der Waals surface area contributed by atoms with Crippen LogP contribution < -0.4 is 0 Å². The van der Waals surface area contributed by atoms with E-state index in [1.165, 1.54) is 16.3 Å². The summed E-state index contributed by atoms with van der Waals surface area (Å²) < 4.78 is 0. The molecule has 0 fully saturated rings. The van der Waals surface area contributed by atoms with E-state index in [2.05, 4.69) is 68.3 Å². The molecule has 3 aromatic rings. The minimum absolute atomic E-state index is 0.341. The molecule has 1 N–H and O–H groups in total. The summed E-state index contributed by atoms with van der Waals surface area (Å²) in [4.78, 5) is 2.26. The predicted octanol–water partition coefficient (Wildman–Crippen LogP) is 4.83. The second kappa shape index (κ2) is 7.38. The average molecular weight is 333 g/mol. The van der Waals surface area contributed by atoms with Gasteiger partial charge in [-0.05, 0) is 49.2 Å². The van der Waals surface area contributed by atoms with E-state index in [0.717, 1.165) is 18.5 Å². The van der Waals surface area contributed by atoms with E-state index in [0.29, 0.717) is 0 Å². The predicted molar refractivity (Wildman–Crippen MR) is 106 cm³/mol. The van der Waals surface area contributed by atoms with E-state index < -0.39 is 6.10 Å². The zero-order valence-corrected chi connectivity index (χ0v) is 15.3. The quantitative estimate of drug-likeness (QED) is 0.698. The number of fused-ring (bicyclic) bond motifs is 1. The fourth-order valence-electron chi connectivity index (χ4n) is 3.34. The van der Waals surface area contributed by atoms with Crippen molar-refractivity contribution in [1.29, 1.82) is 0 Å². The van der Waals surface area contributed by atoms with E-state index in [9.17, 15) is 5.11 Å². The molecule has 0 bridgehead atoms. The monoisotopic (exact) mass is 333 g/mol. The number of hydrogen-bond donors (Lipinski definition) is 1. The number of likely N-dealkylation sites (N-methyl/N-ethyl adjacent to an activating group) is 1. The van der Waals surface area contributed by atoms with Crippen molar-refractivity contribution in [1.82, 2.24) is 4.90 Å². The molecule has 0 aliphatic heterocycles. The van der Waals surface area contributed by atoms with Crippen LogP contribution in [0.25, 0.3) is 10.8 Å². The van der Waals surface area contributed by atoms with Crippen molar-refractivity contribution < 1.29 is 5.11 Å². The van der Waals surface area contributed by atoms with Gasteiger partial charge >= 0.3 is 0 Å². The van der Waals surface area contributed by atoms with Crippen molar-refractivity contribution in [2.24, 2.45) is 0 Å². The normalized spacial score (nSPS) is 13.3. The van der Waals surface area contributed by atoms with E-state index in [-0.39, 0.29) is 5.54 Å². The number of aliphatic hydroxyl groups excluding tert-OH is 1. The van der Waals surface area contributed by atoms with Crippen molar-refractivity contribution in [3.05, 3.63) is 83.9 Å². The van der Waals surface area contributed by atoms with Crippen LogP contribution in [-0.4, -0.2) is 29.1 Å². The number of nitrogens with zero attached hydrogens (tertiary/aromatic N) is 1. The standard InChI is InChI=1S/C23H27NO/c1-23(2,22(25)20-11-5-4-6-12-20)24(3)17-16-19-14-9-13-18-10-7-8-15-21(18)19/h4-15,22,25H,16-17H2,1-3H3. The molecule has 0 spiro atoms. The molecule has 0 heterocycles. The summed E-state index contributed by atoms with van der Waals surface area (Å²) in [6, 6.07) is 24.9. The second-order valence-electron chi connectivity index (χ2n) is 7.28. The molecule has 0 saturated carbocycles. The third-order valence-electron chi connectivity index (χ3n) is 5.36. The Bertz CT molecular complexity index is 820. The summed E-state index contributed by atoms with van der Waals surface area (Å²) in [6.45, 7) is 5.10. The van der Waals surface area contributed by atoms with Crippen molar-refractivity contribution in [3.63, 3.8) is 0 Å². The molecule has 1 unspecified atom stereocenters. The van der Waals surface area contributed by atoms with Gasteiger partial charge in [-0.25, -0.2) is 0 Å². The maximum atomic E-state index is 10.8. The lowest BCUT2D eigenvalue weighted by molar-refractivity contribution is 0.00338. The van der Waals surface area contributed by atoms with Gasteiger partial charge in [0.15, 0.2) is 0 Å². The van der Waals surface area contributed by atoms with Crippen molar-refractivity contribution >= 4 is 10.8 Å². The van der Waals surface area contributed by atoms with Crippen LogP contribution in [0.5, 0.6) is 0 Å². The van der Waals surface area contributed by atoms with E-state index in [1.807, 2.05) is 30.3 Å². The number of benzene rings is 3. The minimum Gasteiger partial charge on any atom is -0.386 e. The first-order valence-electron chi connectivity index (χ1n) is 8.91. The van der Waals surface area contributed by atoms with E-state index in [1.54, 1.807) is 0 Å². The Labute approximate surface area is 150 Å². The van der Waals surface area contributed by atoms with E-state index >= 15 is 0 Å². The Balaban J connectivity index is 1.74. The fraction of sp³-hybridized carbons (Fsp3) is 0.304. The van der Waals surface area contributed by atoms with Crippen LogP contribution in [0.15, 0.2) is 72.8 Å². The van der Waals surface area contributed by atoms with Crippen molar-refractivity contribution in [2.45, 2.75) is 31.9 Å². The van der Waals surface area contributed by atoms with E-state index in [4.69, 9.17) is 0 Å². The topological polar surface area (TPSA) is 23.5 Å². The molecular formula is C23H27NO. The number of rotatable bonds is 6.